The molecule has 0 aromatic heterocycles. The molecule has 0 bridgehead atoms. The fourth-order valence-electron chi connectivity index (χ4n) is 1.30. The number of nitrogens with two attached hydrogens (primary N) is 1. The van der Waals surface area contributed by atoms with E-state index in [1.54, 1.807) is 18.2 Å². The van der Waals surface area contributed by atoms with Crippen molar-refractivity contribution in [3.8, 4) is 0 Å². The van der Waals surface area contributed by atoms with Gasteiger partial charge in [0.15, 0.2) is 0 Å². The van der Waals surface area contributed by atoms with Gasteiger partial charge in [-0.05, 0) is 29.7 Å². The highest BCUT2D eigenvalue weighted by Crippen LogP contribution is 2.13. The van der Waals surface area contributed by atoms with Crippen molar-refractivity contribution < 1.29 is 8.78 Å². The maximum absolute atomic E-state index is 12.3. The van der Waals surface area contributed by atoms with Gasteiger partial charge in [0.05, 0.1) is 0 Å². The first-order chi connectivity index (χ1) is 6.30. The summed E-state index contributed by atoms with van der Waals surface area (Å²) in [5.74, 6) is 0. The van der Waals surface area contributed by atoms with Crippen LogP contribution in [0.1, 0.15) is 16.7 Å². The van der Waals surface area contributed by atoms with Crippen LogP contribution in [0.3, 0.4) is 0 Å². The van der Waals surface area contributed by atoms with Crippen molar-refractivity contribution in [1.29, 1.82) is 0 Å². The third kappa shape index (κ3) is 3.60. The monoisotopic (exact) mass is 221 g/mol. The smallest absolute Gasteiger partial charge is 0.115 e. The lowest BCUT2D eigenvalue weighted by Gasteiger charge is -2.04. The molecule has 1 nitrogen and oxygen atoms in total. The standard InChI is InChI=1S/C10H13F2N.ClH/c11-6-9-3-8(1-2-13)4-10(5-9)7-12;/h3-5H,1-2,6-7,13H2;1H. The van der Waals surface area contributed by atoms with E-state index in [4.69, 9.17) is 5.73 Å². The minimum atomic E-state index is -0.550. The first-order valence-corrected chi connectivity index (χ1v) is 4.24. The zero-order valence-corrected chi connectivity index (χ0v) is 8.62. The SMILES string of the molecule is Cl.NCCc1cc(CF)cc(CF)c1. The molecule has 14 heavy (non-hydrogen) atoms. The summed E-state index contributed by atoms with van der Waals surface area (Å²) in [4.78, 5) is 0. The van der Waals surface area contributed by atoms with Crippen LogP contribution in [-0.2, 0) is 19.8 Å². The van der Waals surface area contributed by atoms with Gasteiger partial charge in [-0.1, -0.05) is 18.2 Å². The summed E-state index contributed by atoms with van der Waals surface area (Å²) in [5, 5.41) is 0. The van der Waals surface area contributed by atoms with E-state index in [0.717, 1.165) is 5.56 Å². The Bertz CT molecular complexity index is 257. The Morgan fingerprint density at radius 3 is 1.71 bits per heavy atom. The van der Waals surface area contributed by atoms with Crippen LogP contribution in [0.15, 0.2) is 18.2 Å². The van der Waals surface area contributed by atoms with Gasteiger partial charge in [-0.25, -0.2) is 8.78 Å². The molecule has 0 atom stereocenters. The Kier molecular flexibility index (Phi) is 6.41. The Morgan fingerprint density at radius 1 is 0.929 bits per heavy atom. The van der Waals surface area contributed by atoms with Gasteiger partial charge in [0, 0.05) is 0 Å². The van der Waals surface area contributed by atoms with Gasteiger partial charge in [-0.2, -0.15) is 0 Å². The van der Waals surface area contributed by atoms with E-state index in [1.807, 2.05) is 0 Å². The van der Waals surface area contributed by atoms with Gasteiger partial charge < -0.3 is 5.73 Å². The molecule has 4 heteroatoms. The van der Waals surface area contributed by atoms with Gasteiger partial charge in [0.25, 0.3) is 0 Å². The molecule has 0 saturated carbocycles. The van der Waals surface area contributed by atoms with E-state index in [-0.39, 0.29) is 12.4 Å². The largest absolute Gasteiger partial charge is 0.330 e. The number of hydrogen-bond acceptors (Lipinski definition) is 1. The van der Waals surface area contributed by atoms with E-state index in [9.17, 15) is 8.78 Å². The van der Waals surface area contributed by atoms with Crippen LogP contribution in [0.5, 0.6) is 0 Å². The predicted octanol–water partition coefficient (Wildman–Crippen LogP) is 2.55. The molecule has 0 saturated heterocycles. The fourth-order valence-corrected chi connectivity index (χ4v) is 1.30. The van der Waals surface area contributed by atoms with E-state index in [1.165, 1.54) is 0 Å². The Labute approximate surface area is 88.7 Å². The second kappa shape index (κ2) is 6.74. The van der Waals surface area contributed by atoms with Crippen molar-refractivity contribution in [2.75, 3.05) is 6.54 Å². The lowest BCUT2D eigenvalue weighted by atomic mass is 10.0. The first kappa shape index (κ1) is 13.3. The van der Waals surface area contributed by atoms with E-state index in [0.29, 0.717) is 24.1 Å². The Hall–Kier alpha value is -0.670. The molecule has 2 N–H and O–H groups in total. The molecule has 0 amide bonds. The third-order valence-corrected chi connectivity index (χ3v) is 1.85. The predicted molar refractivity (Wildman–Crippen MR) is 56.1 cm³/mol. The number of halogens is 3. The van der Waals surface area contributed by atoms with Crippen LogP contribution in [0, 0.1) is 0 Å². The molecule has 0 radical (unpaired) electrons. The number of benzene rings is 1. The highest BCUT2D eigenvalue weighted by molar-refractivity contribution is 5.85. The average molecular weight is 222 g/mol. The molecular formula is C10H14ClF2N. The first-order valence-electron chi connectivity index (χ1n) is 4.24. The summed E-state index contributed by atoms with van der Waals surface area (Å²) in [6.45, 7) is -0.599. The Balaban J connectivity index is 0.00000169. The van der Waals surface area contributed by atoms with Crippen LogP contribution >= 0.6 is 12.4 Å². The van der Waals surface area contributed by atoms with Crippen LogP contribution in [0.4, 0.5) is 8.78 Å². The van der Waals surface area contributed by atoms with Crippen LogP contribution in [0.2, 0.25) is 0 Å². The topological polar surface area (TPSA) is 26.0 Å². The van der Waals surface area contributed by atoms with E-state index >= 15 is 0 Å². The number of hydrogen-bond donors (Lipinski definition) is 1. The van der Waals surface area contributed by atoms with Crippen molar-refractivity contribution in [3.05, 3.63) is 34.9 Å². The second-order valence-electron chi connectivity index (χ2n) is 2.96. The molecule has 0 unspecified atom stereocenters. The van der Waals surface area contributed by atoms with Crippen molar-refractivity contribution in [3.63, 3.8) is 0 Å². The van der Waals surface area contributed by atoms with Gasteiger partial charge in [0.1, 0.15) is 13.3 Å². The quantitative estimate of drug-likeness (QED) is 0.831. The highest BCUT2D eigenvalue weighted by Gasteiger charge is 2.00. The summed E-state index contributed by atoms with van der Waals surface area (Å²) in [7, 11) is 0. The fraction of sp³-hybridized carbons (Fsp3) is 0.400. The second-order valence-corrected chi connectivity index (χ2v) is 2.96. The third-order valence-electron chi connectivity index (χ3n) is 1.85. The summed E-state index contributed by atoms with van der Waals surface area (Å²) >= 11 is 0. The van der Waals surface area contributed by atoms with Crippen LogP contribution < -0.4 is 5.73 Å². The van der Waals surface area contributed by atoms with Gasteiger partial charge in [-0.3, -0.25) is 0 Å². The number of alkyl halides is 2. The van der Waals surface area contributed by atoms with E-state index in [2.05, 4.69) is 0 Å². The molecule has 1 rings (SSSR count). The van der Waals surface area contributed by atoms with Gasteiger partial charge in [0.2, 0.25) is 0 Å². The number of rotatable bonds is 4. The van der Waals surface area contributed by atoms with Crippen LogP contribution in [0.25, 0.3) is 0 Å². The molecule has 0 aliphatic carbocycles. The lowest BCUT2D eigenvalue weighted by Crippen LogP contribution is -2.03. The maximum atomic E-state index is 12.3. The molecule has 1 aromatic rings. The normalized spacial score (nSPS) is 9.64. The summed E-state index contributed by atoms with van der Waals surface area (Å²) < 4.78 is 24.6. The molecule has 0 heterocycles. The van der Waals surface area contributed by atoms with Crippen molar-refractivity contribution in [2.45, 2.75) is 19.8 Å². The average Bonchev–Trinajstić information content (AvgIpc) is 2.17. The summed E-state index contributed by atoms with van der Waals surface area (Å²) in [6.07, 6.45) is 0.668. The maximum Gasteiger partial charge on any atom is 0.115 e. The molecule has 0 aliphatic heterocycles. The molecule has 0 fully saturated rings. The molecule has 1 aromatic carbocycles. The van der Waals surface area contributed by atoms with Gasteiger partial charge >= 0.3 is 0 Å². The zero-order chi connectivity index (χ0) is 9.68. The summed E-state index contributed by atoms with van der Waals surface area (Å²) in [5.41, 5.74) is 7.32. The molecule has 0 aliphatic rings. The van der Waals surface area contributed by atoms with Crippen molar-refractivity contribution in [1.82, 2.24) is 0 Å². The lowest BCUT2D eigenvalue weighted by molar-refractivity contribution is 0.474. The minimum Gasteiger partial charge on any atom is -0.330 e. The molecule has 0 spiro atoms. The van der Waals surface area contributed by atoms with Crippen LogP contribution in [-0.4, -0.2) is 6.54 Å². The summed E-state index contributed by atoms with van der Waals surface area (Å²) in [6, 6.07) is 5.00. The zero-order valence-electron chi connectivity index (χ0n) is 7.80. The minimum absolute atomic E-state index is 0. The van der Waals surface area contributed by atoms with E-state index < -0.39 is 13.3 Å². The van der Waals surface area contributed by atoms with Crippen molar-refractivity contribution in [2.24, 2.45) is 5.73 Å². The Morgan fingerprint density at radius 2 is 1.36 bits per heavy atom. The van der Waals surface area contributed by atoms with Gasteiger partial charge in [-0.15, -0.1) is 12.4 Å². The highest BCUT2D eigenvalue weighted by atomic mass is 35.5. The molecular weight excluding hydrogens is 208 g/mol. The van der Waals surface area contributed by atoms with Crippen molar-refractivity contribution >= 4 is 12.4 Å². The molecule has 80 valence electrons.